The first-order valence-electron chi connectivity index (χ1n) is 6.53. The highest BCUT2D eigenvalue weighted by Crippen LogP contribution is 2.26. The summed E-state index contributed by atoms with van der Waals surface area (Å²) in [5.74, 6) is 0.276. The number of hydrogen-bond acceptors (Lipinski definition) is 4. The van der Waals surface area contributed by atoms with Crippen LogP contribution in [0.15, 0.2) is 23.7 Å². The highest BCUT2D eigenvalue weighted by atomic mass is 32.1. The molecule has 2 aromatic rings. The van der Waals surface area contributed by atoms with E-state index in [0.717, 1.165) is 12.2 Å². The summed E-state index contributed by atoms with van der Waals surface area (Å²) in [5.41, 5.74) is 2.20. The fourth-order valence-electron chi connectivity index (χ4n) is 1.88. The summed E-state index contributed by atoms with van der Waals surface area (Å²) in [6.07, 6.45) is 1.73. The molecular weight excluding hydrogens is 258 g/mol. The van der Waals surface area contributed by atoms with Crippen LogP contribution in [0.4, 0.5) is 0 Å². The average Bonchev–Trinajstić information content (AvgIpc) is 2.97. The van der Waals surface area contributed by atoms with Gasteiger partial charge in [-0.05, 0) is 17.4 Å². The van der Waals surface area contributed by atoms with Crippen molar-refractivity contribution in [1.82, 2.24) is 15.1 Å². The van der Waals surface area contributed by atoms with Gasteiger partial charge in [-0.3, -0.25) is 4.68 Å². The second-order valence-corrected chi connectivity index (χ2v) is 6.04. The van der Waals surface area contributed by atoms with Gasteiger partial charge in [0.2, 0.25) is 0 Å². The lowest BCUT2D eigenvalue weighted by molar-refractivity contribution is 0.123. The van der Waals surface area contributed by atoms with Crippen LogP contribution in [0.2, 0.25) is 0 Å². The zero-order chi connectivity index (χ0) is 13.8. The van der Waals surface area contributed by atoms with Crippen molar-refractivity contribution in [3.8, 4) is 10.6 Å². The van der Waals surface area contributed by atoms with E-state index >= 15 is 0 Å². The maximum Gasteiger partial charge on any atom is 0.107 e. The van der Waals surface area contributed by atoms with E-state index in [-0.39, 0.29) is 12.0 Å². The monoisotopic (exact) mass is 279 g/mol. The van der Waals surface area contributed by atoms with Gasteiger partial charge in [-0.2, -0.15) is 5.10 Å². The molecule has 19 heavy (non-hydrogen) atoms. The summed E-state index contributed by atoms with van der Waals surface area (Å²) in [7, 11) is 1.93. The van der Waals surface area contributed by atoms with Crippen molar-refractivity contribution in [2.45, 2.75) is 26.5 Å². The van der Waals surface area contributed by atoms with Crippen LogP contribution in [0.1, 0.15) is 19.4 Å². The molecular formula is C14H21N3OS. The summed E-state index contributed by atoms with van der Waals surface area (Å²) in [6, 6.07) is 4.12. The number of hydrogen-bond donors (Lipinski definition) is 2. The molecule has 0 bridgehead atoms. The Hall–Kier alpha value is -1.17. The maximum absolute atomic E-state index is 9.78. The molecule has 5 heteroatoms. The summed E-state index contributed by atoms with van der Waals surface area (Å²) >= 11 is 1.70. The Balaban J connectivity index is 2.01. The first kappa shape index (κ1) is 14.2. The minimum absolute atomic E-state index is 0.276. The van der Waals surface area contributed by atoms with Crippen LogP contribution >= 0.6 is 11.3 Å². The van der Waals surface area contributed by atoms with Crippen LogP contribution in [0.25, 0.3) is 10.6 Å². The molecule has 2 rings (SSSR count). The van der Waals surface area contributed by atoms with E-state index in [4.69, 9.17) is 0 Å². The van der Waals surface area contributed by atoms with Gasteiger partial charge in [0.15, 0.2) is 0 Å². The van der Waals surface area contributed by atoms with E-state index in [9.17, 15) is 5.11 Å². The standard InChI is InChI=1S/C14H21N3OS/c1-10(2)12(18)8-15-7-11-9-17(3)16-14(11)13-5-4-6-19-13/h4-6,9-10,12,15,18H,7-8H2,1-3H3. The largest absolute Gasteiger partial charge is 0.392 e. The van der Waals surface area contributed by atoms with Gasteiger partial charge in [-0.15, -0.1) is 11.3 Å². The van der Waals surface area contributed by atoms with Crippen LogP contribution in [0.5, 0.6) is 0 Å². The van der Waals surface area contributed by atoms with Gasteiger partial charge < -0.3 is 10.4 Å². The minimum atomic E-state index is -0.304. The molecule has 0 radical (unpaired) electrons. The Bertz CT molecular complexity index is 505. The molecule has 4 nitrogen and oxygen atoms in total. The zero-order valence-electron chi connectivity index (χ0n) is 11.6. The summed E-state index contributed by atoms with van der Waals surface area (Å²) < 4.78 is 1.84. The Morgan fingerprint density at radius 2 is 2.26 bits per heavy atom. The molecule has 104 valence electrons. The zero-order valence-corrected chi connectivity index (χ0v) is 12.4. The normalized spacial score (nSPS) is 13.1. The third-order valence-corrected chi connectivity index (χ3v) is 3.97. The lowest BCUT2D eigenvalue weighted by Crippen LogP contribution is -2.30. The number of aliphatic hydroxyl groups excluding tert-OH is 1. The predicted molar refractivity (Wildman–Crippen MR) is 79.1 cm³/mol. The SMILES string of the molecule is CC(C)C(O)CNCc1cn(C)nc1-c1cccs1. The Morgan fingerprint density at radius 1 is 1.47 bits per heavy atom. The van der Waals surface area contributed by atoms with E-state index in [1.54, 1.807) is 11.3 Å². The molecule has 2 aromatic heterocycles. The Kier molecular flexibility index (Phi) is 4.74. The number of rotatable bonds is 6. The van der Waals surface area contributed by atoms with Gasteiger partial charge in [-0.1, -0.05) is 19.9 Å². The second kappa shape index (κ2) is 6.32. The van der Waals surface area contributed by atoms with Crippen molar-refractivity contribution in [3.05, 3.63) is 29.3 Å². The van der Waals surface area contributed by atoms with Crippen LogP contribution in [0.3, 0.4) is 0 Å². The van der Waals surface area contributed by atoms with Gasteiger partial charge in [0.1, 0.15) is 5.69 Å². The first-order valence-corrected chi connectivity index (χ1v) is 7.41. The topological polar surface area (TPSA) is 50.1 Å². The molecule has 0 spiro atoms. The highest BCUT2D eigenvalue weighted by Gasteiger charge is 2.12. The molecule has 0 aliphatic carbocycles. The highest BCUT2D eigenvalue weighted by molar-refractivity contribution is 7.13. The third kappa shape index (κ3) is 3.65. The van der Waals surface area contributed by atoms with Gasteiger partial charge in [0, 0.05) is 31.9 Å². The van der Waals surface area contributed by atoms with E-state index in [2.05, 4.69) is 21.9 Å². The average molecular weight is 279 g/mol. The smallest absolute Gasteiger partial charge is 0.107 e. The summed E-state index contributed by atoms with van der Waals surface area (Å²) in [4.78, 5) is 1.18. The number of thiophene rings is 1. The van der Waals surface area contributed by atoms with Crippen molar-refractivity contribution in [2.24, 2.45) is 13.0 Å². The Labute approximate surface area is 118 Å². The lowest BCUT2D eigenvalue weighted by atomic mass is 10.1. The first-order chi connectivity index (χ1) is 9.08. The lowest BCUT2D eigenvalue weighted by Gasteiger charge is -2.14. The summed E-state index contributed by atoms with van der Waals surface area (Å²) in [6.45, 7) is 5.38. The number of aryl methyl sites for hydroxylation is 1. The predicted octanol–water partition coefficient (Wildman–Crippen LogP) is 2.26. The van der Waals surface area contributed by atoms with E-state index in [1.807, 2.05) is 37.8 Å². The van der Waals surface area contributed by atoms with Gasteiger partial charge in [0.05, 0.1) is 11.0 Å². The molecule has 0 aliphatic heterocycles. The quantitative estimate of drug-likeness (QED) is 0.853. The van der Waals surface area contributed by atoms with Crippen molar-refractivity contribution < 1.29 is 5.11 Å². The summed E-state index contributed by atoms with van der Waals surface area (Å²) in [5, 5.41) is 19.7. The molecule has 0 amide bonds. The molecule has 1 unspecified atom stereocenters. The van der Waals surface area contributed by atoms with Crippen LogP contribution in [0, 0.1) is 5.92 Å². The van der Waals surface area contributed by atoms with Crippen LogP contribution in [-0.2, 0) is 13.6 Å². The number of nitrogens with zero attached hydrogens (tertiary/aromatic N) is 2. The van der Waals surface area contributed by atoms with E-state index in [1.165, 1.54) is 10.4 Å². The minimum Gasteiger partial charge on any atom is -0.392 e. The van der Waals surface area contributed by atoms with E-state index in [0.29, 0.717) is 6.54 Å². The molecule has 1 atom stereocenters. The molecule has 0 saturated heterocycles. The second-order valence-electron chi connectivity index (χ2n) is 5.10. The molecule has 0 aromatic carbocycles. The fraction of sp³-hybridized carbons (Fsp3) is 0.500. The third-order valence-electron chi connectivity index (χ3n) is 3.10. The van der Waals surface area contributed by atoms with Crippen molar-refractivity contribution in [3.63, 3.8) is 0 Å². The molecule has 0 saturated carbocycles. The Morgan fingerprint density at radius 3 is 2.89 bits per heavy atom. The molecule has 0 aliphatic rings. The van der Waals surface area contributed by atoms with Gasteiger partial charge in [0.25, 0.3) is 0 Å². The van der Waals surface area contributed by atoms with Crippen molar-refractivity contribution >= 4 is 11.3 Å². The van der Waals surface area contributed by atoms with Gasteiger partial charge in [-0.25, -0.2) is 0 Å². The number of aromatic nitrogens is 2. The van der Waals surface area contributed by atoms with Crippen LogP contribution < -0.4 is 5.32 Å². The number of aliphatic hydroxyl groups is 1. The molecule has 2 heterocycles. The molecule has 0 fully saturated rings. The van der Waals surface area contributed by atoms with Crippen LogP contribution in [-0.4, -0.2) is 27.5 Å². The number of nitrogens with one attached hydrogen (secondary N) is 1. The van der Waals surface area contributed by atoms with Crippen molar-refractivity contribution in [1.29, 1.82) is 0 Å². The maximum atomic E-state index is 9.78. The fourth-order valence-corrected chi connectivity index (χ4v) is 2.62. The van der Waals surface area contributed by atoms with Crippen molar-refractivity contribution in [2.75, 3.05) is 6.54 Å². The van der Waals surface area contributed by atoms with Gasteiger partial charge >= 0.3 is 0 Å². The molecule has 2 N–H and O–H groups in total. The van der Waals surface area contributed by atoms with E-state index < -0.39 is 0 Å².